The molecule has 1 N–H and O–H groups in total. The van der Waals surface area contributed by atoms with Crippen molar-refractivity contribution >= 4 is 11.0 Å². The van der Waals surface area contributed by atoms with Crippen LogP contribution < -0.4 is 4.74 Å². The molecule has 3 aromatic carbocycles. The second-order valence-corrected chi connectivity index (χ2v) is 9.34. The van der Waals surface area contributed by atoms with Crippen molar-refractivity contribution in [2.75, 3.05) is 6.61 Å². The minimum Gasteiger partial charge on any atom is -0.463 e. The second-order valence-electron chi connectivity index (χ2n) is 9.34. The molecule has 182 valence electrons. The summed E-state index contributed by atoms with van der Waals surface area (Å²) in [5.74, 6) is 0.675. The third-order valence-electron chi connectivity index (χ3n) is 7.13. The first-order valence-corrected chi connectivity index (χ1v) is 12.6. The summed E-state index contributed by atoms with van der Waals surface area (Å²) in [7, 11) is 0. The molecule has 35 heavy (non-hydrogen) atoms. The van der Waals surface area contributed by atoms with E-state index in [1.54, 1.807) is 0 Å². The third kappa shape index (κ3) is 4.56. The minimum absolute atomic E-state index is 0.307. The molecule has 0 aliphatic heterocycles. The average Bonchev–Trinajstić information content (AvgIpc) is 3.34. The first-order chi connectivity index (χ1) is 17.2. The van der Waals surface area contributed by atoms with Gasteiger partial charge in [0.15, 0.2) is 0 Å². The van der Waals surface area contributed by atoms with Crippen molar-refractivity contribution in [3.63, 3.8) is 0 Å². The third-order valence-corrected chi connectivity index (χ3v) is 7.13. The van der Waals surface area contributed by atoms with Gasteiger partial charge in [-0.2, -0.15) is 4.68 Å². The van der Waals surface area contributed by atoms with Crippen LogP contribution in [0.5, 0.6) is 5.75 Å². The Kier molecular flexibility index (Phi) is 6.84. The summed E-state index contributed by atoms with van der Waals surface area (Å²) in [5.41, 5.74) is 0.230. The summed E-state index contributed by atoms with van der Waals surface area (Å²) in [4.78, 5) is 0. The molecule has 1 heterocycles. The molecule has 1 fully saturated rings. The fourth-order valence-corrected chi connectivity index (χ4v) is 5.39. The second kappa shape index (κ2) is 10.2. The summed E-state index contributed by atoms with van der Waals surface area (Å²) in [6, 6.07) is 27.7. The SMILES string of the molecule is CCOC(CC(Oc1ccccc1)(n1nnc2ccccc21)C1(O)CCCCC1)c1ccccc1. The highest BCUT2D eigenvalue weighted by atomic mass is 16.5. The van der Waals surface area contributed by atoms with Crippen molar-refractivity contribution in [3.05, 3.63) is 90.5 Å². The van der Waals surface area contributed by atoms with E-state index in [4.69, 9.17) is 9.47 Å². The molecule has 6 heteroatoms. The maximum atomic E-state index is 12.5. The van der Waals surface area contributed by atoms with Gasteiger partial charge in [0, 0.05) is 13.0 Å². The van der Waals surface area contributed by atoms with Gasteiger partial charge in [0.05, 0.1) is 11.6 Å². The van der Waals surface area contributed by atoms with Gasteiger partial charge in [0.2, 0.25) is 5.72 Å². The standard InChI is InChI=1S/C29H33N3O3/c1-2-34-27(23-14-6-3-7-15-23)22-29(28(33)20-12-5-13-21-28,35-24-16-8-4-9-17-24)32-26-19-11-10-18-25(26)30-31-32/h3-4,6-11,14-19,27,33H,2,5,12-13,20-22H2,1H3. The van der Waals surface area contributed by atoms with E-state index in [1.165, 1.54) is 0 Å². The number of fused-ring (bicyclic) bond motifs is 1. The number of aromatic nitrogens is 3. The number of aliphatic hydroxyl groups is 1. The van der Waals surface area contributed by atoms with Crippen LogP contribution in [0.3, 0.4) is 0 Å². The van der Waals surface area contributed by atoms with Crippen molar-refractivity contribution in [2.45, 2.75) is 62.9 Å². The molecule has 5 rings (SSSR count). The molecule has 0 bridgehead atoms. The van der Waals surface area contributed by atoms with Crippen molar-refractivity contribution in [3.8, 4) is 5.75 Å². The molecule has 6 nitrogen and oxygen atoms in total. The minimum atomic E-state index is -1.24. The van der Waals surface area contributed by atoms with Crippen molar-refractivity contribution in [1.29, 1.82) is 0 Å². The molecule has 4 aromatic rings. The van der Waals surface area contributed by atoms with E-state index in [-0.39, 0.29) is 6.10 Å². The predicted molar refractivity (Wildman–Crippen MR) is 136 cm³/mol. The zero-order valence-electron chi connectivity index (χ0n) is 20.2. The van der Waals surface area contributed by atoms with Gasteiger partial charge in [0.25, 0.3) is 0 Å². The zero-order valence-corrected chi connectivity index (χ0v) is 20.2. The van der Waals surface area contributed by atoms with Crippen LogP contribution in [-0.2, 0) is 10.5 Å². The highest BCUT2D eigenvalue weighted by Gasteiger charge is 2.57. The monoisotopic (exact) mass is 471 g/mol. The number of rotatable bonds is 9. The molecule has 0 amide bonds. The maximum absolute atomic E-state index is 12.5. The lowest BCUT2D eigenvalue weighted by molar-refractivity contribution is -0.221. The van der Waals surface area contributed by atoms with Crippen molar-refractivity contribution in [2.24, 2.45) is 0 Å². The van der Waals surface area contributed by atoms with Crippen LogP contribution in [0.1, 0.15) is 57.1 Å². The van der Waals surface area contributed by atoms with Gasteiger partial charge in [-0.25, -0.2) is 0 Å². The van der Waals surface area contributed by atoms with E-state index in [0.29, 0.717) is 31.6 Å². The van der Waals surface area contributed by atoms with Crippen LogP contribution in [0.2, 0.25) is 0 Å². The van der Waals surface area contributed by atoms with Gasteiger partial charge in [-0.15, -0.1) is 5.10 Å². The quantitative estimate of drug-likeness (QED) is 0.323. The molecule has 1 aliphatic rings. The molecule has 1 aliphatic carbocycles. The van der Waals surface area contributed by atoms with Crippen LogP contribution in [0.4, 0.5) is 0 Å². The topological polar surface area (TPSA) is 69.4 Å². The lowest BCUT2D eigenvalue weighted by Gasteiger charge is -2.49. The first-order valence-electron chi connectivity index (χ1n) is 12.6. The van der Waals surface area contributed by atoms with E-state index in [2.05, 4.69) is 22.4 Å². The molecule has 0 radical (unpaired) electrons. The van der Waals surface area contributed by atoms with Crippen LogP contribution in [0.15, 0.2) is 84.9 Å². The van der Waals surface area contributed by atoms with Gasteiger partial charge in [-0.1, -0.05) is 85.1 Å². The Balaban J connectivity index is 1.73. The smallest absolute Gasteiger partial charge is 0.235 e. The number of para-hydroxylation sites is 2. The Morgan fingerprint density at radius 3 is 2.29 bits per heavy atom. The van der Waals surface area contributed by atoms with Crippen molar-refractivity contribution < 1.29 is 14.6 Å². The molecular weight excluding hydrogens is 438 g/mol. The van der Waals surface area contributed by atoms with E-state index >= 15 is 0 Å². The van der Waals surface area contributed by atoms with E-state index in [0.717, 1.165) is 35.9 Å². The van der Waals surface area contributed by atoms with Gasteiger partial charge < -0.3 is 14.6 Å². The summed E-state index contributed by atoms with van der Waals surface area (Å²) >= 11 is 0. The lowest BCUT2D eigenvalue weighted by atomic mass is 9.74. The molecule has 1 saturated carbocycles. The Morgan fingerprint density at radius 2 is 1.57 bits per heavy atom. The Labute approximate surface area is 206 Å². The van der Waals surface area contributed by atoms with E-state index < -0.39 is 11.3 Å². The summed E-state index contributed by atoms with van der Waals surface area (Å²) in [6.07, 6.45) is 4.24. The average molecular weight is 472 g/mol. The highest BCUT2D eigenvalue weighted by Crippen LogP contribution is 2.48. The number of benzene rings is 3. The molecule has 2 unspecified atom stereocenters. The number of hydrogen-bond acceptors (Lipinski definition) is 5. The Morgan fingerprint density at radius 1 is 0.914 bits per heavy atom. The summed E-state index contributed by atoms with van der Waals surface area (Å²) in [5, 5.41) is 21.5. The Hall–Kier alpha value is -3.22. The van der Waals surface area contributed by atoms with Gasteiger partial charge >= 0.3 is 0 Å². The number of hydrogen-bond donors (Lipinski definition) is 1. The summed E-state index contributed by atoms with van der Waals surface area (Å²) < 4.78 is 15.1. The lowest BCUT2D eigenvalue weighted by Crippen LogP contribution is -2.61. The van der Waals surface area contributed by atoms with Gasteiger partial charge in [-0.3, -0.25) is 0 Å². The van der Waals surface area contributed by atoms with E-state index in [1.807, 2.05) is 84.4 Å². The normalized spacial score (nSPS) is 18.1. The molecular formula is C29H33N3O3. The fraction of sp³-hybridized carbons (Fsp3) is 0.379. The molecule has 0 saturated heterocycles. The Bertz CT molecular complexity index is 1220. The van der Waals surface area contributed by atoms with Crippen LogP contribution in [-0.4, -0.2) is 32.3 Å². The summed E-state index contributed by atoms with van der Waals surface area (Å²) in [6.45, 7) is 2.54. The zero-order chi connectivity index (χ0) is 24.1. The van der Waals surface area contributed by atoms with Crippen LogP contribution >= 0.6 is 0 Å². The maximum Gasteiger partial charge on any atom is 0.235 e. The van der Waals surface area contributed by atoms with Gasteiger partial charge in [0.1, 0.15) is 16.9 Å². The molecule has 1 aromatic heterocycles. The van der Waals surface area contributed by atoms with Gasteiger partial charge in [-0.05, 0) is 49.6 Å². The number of nitrogens with zero attached hydrogens (tertiary/aromatic N) is 3. The fourth-order valence-electron chi connectivity index (χ4n) is 5.39. The van der Waals surface area contributed by atoms with E-state index in [9.17, 15) is 5.11 Å². The van der Waals surface area contributed by atoms with Crippen molar-refractivity contribution in [1.82, 2.24) is 15.0 Å². The van der Waals surface area contributed by atoms with Crippen LogP contribution in [0.25, 0.3) is 11.0 Å². The largest absolute Gasteiger partial charge is 0.463 e. The number of ether oxygens (including phenoxy) is 2. The predicted octanol–water partition coefficient (Wildman–Crippen LogP) is 6.03. The molecule has 0 spiro atoms. The highest BCUT2D eigenvalue weighted by molar-refractivity contribution is 5.74. The van der Waals surface area contributed by atoms with Crippen LogP contribution in [0, 0.1) is 0 Å². The molecule has 2 atom stereocenters. The first kappa shape index (κ1) is 23.5.